The fourth-order valence-electron chi connectivity index (χ4n) is 1.59. The summed E-state index contributed by atoms with van der Waals surface area (Å²) in [5.41, 5.74) is 1.04. The molecule has 2 heterocycles. The smallest absolute Gasteiger partial charge is 0.276 e. The molecule has 0 unspecified atom stereocenters. The van der Waals surface area contributed by atoms with Crippen LogP contribution in [0.3, 0.4) is 0 Å². The second-order valence-corrected chi connectivity index (χ2v) is 4.00. The highest BCUT2D eigenvalue weighted by molar-refractivity contribution is 6.02. The molecule has 2 aromatic heterocycles. The second kappa shape index (κ2) is 6.14. The van der Waals surface area contributed by atoms with Crippen LogP contribution in [0, 0.1) is 0 Å². The van der Waals surface area contributed by atoms with Crippen molar-refractivity contribution in [2.45, 2.75) is 20.0 Å². The van der Waals surface area contributed by atoms with Gasteiger partial charge in [0.2, 0.25) is 0 Å². The van der Waals surface area contributed by atoms with Gasteiger partial charge in [0.05, 0.1) is 25.0 Å². The Labute approximate surface area is 111 Å². The summed E-state index contributed by atoms with van der Waals surface area (Å²) >= 11 is 0. The third kappa shape index (κ3) is 3.41. The number of methoxy groups -OCH3 is 1. The minimum atomic E-state index is -0.238. The van der Waals surface area contributed by atoms with Crippen LogP contribution in [0.2, 0.25) is 0 Å². The van der Waals surface area contributed by atoms with Crippen LogP contribution in [-0.2, 0) is 17.8 Å². The van der Waals surface area contributed by atoms with Gasteiger partial charge in [-0.05, 0) is 13.0 Å². The maximum atomic E-state index is 11.9. The average molecular weight is 263 g/mol. The Bertz CT molecular complexity index is 546. The van der Waals surface area contributed by atoms with Gasteiger partial charge in [-0.2, -0.15) is 10.2 Å². The Hall–Kier alpha value is -2.15. The summed E-state index contributed by atoms with van der Waals surface area (Å²) in [7, 11) is 1.64. The number of ether oxygens (including phenoxy) is 1. The van der Waals surface area contributed by atoms with Gasteiger partial charge in [0, 0.05) is 26.0 Å². The van der Waals surface area contributed by atoms with Gasteiger partial charge >= 0.3 is 0 Å². The lowest BCUT2D eigenvalue weighted by molar-refractivity contribution is 0.102. The van der Waals surface area contributed by atoms with Crippen molar-refractivity contribution in [2.24, 2.45) is 0 Å². The maximum absolute atomic E-state index is 11.9. The van der Waals surface area contributed by atoms with Crippen molar-refractivity contribution in [3.05, 3.63) is 30.4 Å². The number of hydrogen-bond donors (Lipinski definition) is 1. The summed E-state index contributed by atoms with van der Waals surface area (Å²) in [5.74, 6) is -0.238. The van der Waals surface area contributed by atoms with Crippen molar-refractivity contribution in [3.63, 3.8) is 0 Å². The number of carbonyl (C=O) groups is 1. The van der Waals surface area contributed by atoms with Crippen molar-refractivity contribution < 1.29 is 9.53 Å². The molecule has 0 fully saturated rings. The van der Waals surface area contributed by atoms with Crippen LogP contribution in [0.5, 0.6) is 0 Å². The van der Waals surface area contributed by atoms with Crippen LogP contribution in [0.15, 0.2) is 24.7 Å². The summed E-state index contributed by atoms with van der Waals surface area (Å²) in [5, 5.41) is 11.0. The third-order valence-corrected chi connectivity index (χ3v) is 2.61. The van der Waals surface area contributed by atoms with Crippen LogP contribution < -0.4 is 5.32 Å². The number of anilines is 1. The zero-order valence-electron chi connectivity index (χ0n) is 11.0. The van der Waals surface area contributed by atoms with Gasteiger partial charge in [-0.1, -0.05) is 0 Å². The molecule has 2 aromatic rings. The lowest BCUT2D eigenvalue weighted by Gasteiger charge is -2.00. The fourth-order valence-corrected chi connectivity index (χ4v) is 1.59. The van der Waals surface area contributed by atoms with Crippen molar-refractivity contribution in [2.75, 3.05) is 19.0 Å². The molecule has 1 amide bonds. The molecule has 0 saturated heterocycles. The molecule has 0 aliphatic rings. The molecule has 2 rings (SSSR count). The first kappa shape index (κ1) is 13.3. The van der Waals surface area contributed by atoms with Gasteiger partial charge in [0.15, 0.2) is 5.69 Å². The van der Waals surface area contributed by atoms with Gasteiger partial charge in [0.25, 0.3) is 5.91 Å². The summed E-state index contributed by atoms with van der Waals surface area (Å²) in [6.45, 7) is 3.93. The van der Waals surface area contributed by atoms with Crippen molar-refractivity contribution >= 4 is 11.6 Å². The highest BCUT2D eigenvalue weighted by atomic mass is 16.5. The summed E-state index contributed by atoms with van der Waals surface area (Å²) in [4.78, 5) is 11.9. The molecular weight excluding hydrogens is 246 g/mol. The van der Waals surface area contributed by atoms with Crippen molar-refractivity contribution in [3.8, 4) is 0 Å². The quantitative estimate of drug-likeness (QED) is 0.843. The first-order chi connectivity index (χ1) is 9.22. The first-order valence-electron chi connectivity index (χ1n) is 6.09. The molecule has 0 saturated carbocycles. The van der Waals surface area contributed by atoms with E-state index in [-0.39, 0.29) is 5.91 Å². The molecule has 0 bridgehead atoms. The number of nitrogens with one attached hydrogen (secondary N) is 1. The number of hydrogen-bond acceptors (Lipinski definition) is 4. The second-order valence-electron chi connectivity index (χ2n) is 4.00. The van der Waals surface area contributed by atoms with Gasteiger partial charge in [-0.3, -0.25) is 14.2 Å². The fraction of sp³-hybridized carbons (Fsp3) is 0.417. The summed E-state index contributed by atoms with van der Waals surface area (Å²) < 4.78 is 8.38. The van der Waals surface area contributed by atoms with Crippen LogP contribution in [0.25, 0.3) is 0 Å². The van der Waals surface area contributed by atoms with Crippen molar-refractivity contribution in [1.29, 1.82) is 0 Å². The van der Waals surface area contributed by atoms with E-state index in [9.17, 15) is 4.79 Å². The normalized spacial score (nSPS) is 10.6. The van der Waals surface area contributed by atoms with Gasteiger partial charge in [-0.15, -0.1) is 0 Å². The number of nitrogens with zero attached hydrogens (tertiary/aromatic N) is 4. The Morgan fingerprint density at radius 3 is 3.00 bits per heavy atom. The standard InChI is InChI=1S/C12H17N5O2/c1-3-16-5-4-11(15-16)12(18)14-10-8-13-17(9-10)6-7-19-2/h4-5,8-9H,3,6-7H2,1-2H3,(H,14,18). The largest absolute Gasteiger partial charge is 0.383 e. The highest BCUT2D eigenvalue weighted by Crippen LogP contribution is 2.07. The van der Waals surface area contributed by atoms with E-state index in [4.69, 9.17) is 4.74 Å². The van der Waals surface area contributed by atoms with E-state index in [0.29, 0.717) is 24.5 Å². The van der Waals surface area contributed by atoms with Gasteiger partial charge in [0.1, 0.15) is 0 Å². The topological polar surface area (TPSA) is 74.0 Å². The Morgan fingerprint density at radius 2 is 2.32 bits per heavy atom. The zero-order chi connectivity index (χ0) is 13.7. The predicted molar refractivity (Wildman–Crippen MR) is 70.0 cm³/mol. The van der Waals surface area contributed by atoms with E-state index in [1.165, 1.54) is 0 Å². The third-order valence-electron chi connectivity index (χ3n) is 2.61. The minimum absolute atomic E-state index is 0.238. The maximum Gasteiger partial charge on any atom is 0.276 e. The molecule has 0 aliphatic heterocycles. The number of amides is 1. The minimum Gasteiger partial charge on any atom is -0.383 e. The number of aryl methyl sites for hydroxylation is 1. The van der Waals surface area contributed by atoms with E-state index in [2.05, 4.69) is 15.5 Å². The molecule has 7 nitrogen and oxygen atoms in total. The van der Waals surface area contributed by atoms with Crippen LogP contribution >= 0.6 is 0 Å². The number of aromatic nitrogens is 4. The zero-order valence-corrected chi connectivity index (χ0v) is 11.0. The Kier molecular flexibility index (Phi) is 4.30. The molecule has 0 aliphatic carbocycles. The van der Waals surface area contributed by atoms with Crippen LogP contribution in [0.1, 0.15) is 17.4 Å². The molecule has 0 radical (unpaired) electrons. The van der Waals surface area contributed by atoms with Gasteiger partial charge < -0.3 is 10.1 Å². The molecule has 7 heteroatoms. The lowest BCUT2D eigenvalue weighted by atomic mass is 10.4. The SMILES string of the molecule is CCn1ccc(C(=O)Nc2cnn(CCOC)c2)n1. The molecule has 1 N–H and O–H groups in total. The molecule has 0 spiro atoms. The van der Waals surface area contributed by atoms with E-state index in [0.717, 1.165) is 6.54 Å². The summed E-state index contributed by atoms with van der Waals surface area (Å²) in [6, 6.07) is 1.69. The van der Waals surface area contributed by atoms with Crippen LogP contribution in [-0.4, -0.2) is 39.2 Å². The molecule has 0 aromatic carbocycles. The Morgan fingerprint density at radius 1 is 1.47 bits per heavy atom. The lowest BCUT2D eigenvalue weighted by Crippen LogP contribution is -2.13. The van der Waals surface area contributed by atoms with E-state index < -0.39 is 0 Å². The molecule has 0 atom stereocenters. The monoisotopic (exact) mass is 263 g/mol. The first-order valence-corrected chi connectivity index (χ1v) is 6.09. The van der Waals surface area contributed by atoms with E-state index in [1.54, 1.807) is 41.1 Å². The average Bonchev–Trinajstić information content (AvgIpc) is 3.05. The predicted octanol–water partition coefficient (Wildman–Crippen LogP) is 0.998. The molecule has 102 valence electrons. The van der Waals surface area contributed by atoms with E-state index in [1.807, 2.05) is 6.92 Å². The summed E-state index contributed by atoms with van der Waals surface area (Å²) in [6.07, 6.45) is 5.13. The molecular formula is C12H17N5O2. The van der Waals surface area contributed by atoms with Gasteiger partial charge in [-0.25, -0.2) is 0 Å². The van der Waals surface area contributed by atoms with E-state index >= 15 is 0 Å². The number of rotatable bonds is 6. The van der Waals surface area contributed by atoms with Crippen molar-refractivity contribution in [1.82, 2.24) is 19.6 Å². The number of carbonyl (C=O) groups excluding carboxylic acids is 1. The molecule has 19 heavy (non-hydrogen) atoms. The highest BCUT2D eigenvalue weighted by Gasteiger charge is 2.10. The van der Waals surface area contributed by atoms with Crippen LogP contribution in [0.4, 0.5) is 5.69 Å². The Balaban J connectivity index is 1.96.